The average Bonchev–Trinajstić information content (AvgIpc) is 2.14. The van der Waals surface area contributed by atoms with Gasteiger partial charge in [0.2, 0.25) is 0 Å². The molecule has 0 fully saturated rings. The minimum absolute atomic E-state index is 0.0556. The number of carbonyl (C=O) groups excluding carboxylic acids is 1. The zero-order chi connectivity index (χ0) is 6.85. The lowest BCUT2D eigenvalue weighted by Gasteiger charge is -1.76. The molecular weight excluding hydrogens is 163 g/mol. The van der Waals surface area contributed by atoms with Gasteiger partial charge < -0.3 is 0 Å². The monoisotopic (exact) mass is 164 g/mol. The molecular formula is C5H2ClFOS. The van der Waals surface area contributed by atoms with Gasteiger partial charge in [-0.25, -0.2) is 0 Å². The van der Waals surface area contributed by atoms with Crippen LogP contribution in [0.2, 0.25) is 4.34 Å². The van der Waals surface area contributed by atoms with E-state index >= 15 is 0 Å². The quantitative estimate of drug-likeness (QED) is 0.583. The number of rotatable bonds is 1. The van der Waals surface area contributed by atoms with Crippen LogP contribution in [0.1, 0.15) is 9.67 Å². The Morgan fingerprint density at radius 2 is 2.33 bits per heavy atom. The molecule has 0 spiro atoms. The van der Waals surface area contributed by atoms with Crippen molar-refractivity contribution in [2.24, 2.45) is 0 Å². The van der Waals surface area contributed by atoms with Crippen molar-refractivity contribution in [3.05, 3.63) is 21.3 Å². The van der Waals surface area contributed by atoms with E-state index in [4.69, 9.17) is 11.6 Å². The maximum Gasteiger partial charge on any atom is 0.342 e. The standard InChI is InChI=1S/C5H2ClFOS/c6-4-2-1-3(9-4)5(7)8/h1-2H. The Morgan fingerprint density at radius 3 is 2.56 bits per heavy atom. The minimum atomic E-state index is -1.42. The summed E-state index contributed by atoms with van der Waals surface area (Å²) in [5.41, 5.74) is 0. The highest BCUT2D eigenvalue weighted by Gasteiger charge is 2.04. The molecule has 0 amide bonds. The van der Waals surface area contributed by atoms with E-state index in [2.05, 4.69) is 0 Å². The second kappa shape index (κ2) is 2.45. The maximum absolute atomic E-state index is 11.8. The molecule has 1 aromatic rings. The van der Waals surface area contributed by atoms with E-state index in [9.17, 15) is 9.18 Å². The first kappa shape index (κ1) is 6.71. The van der Waals surface area contributed by atoms with Gasteiger partial charge >= 0.3 is 6.04 Å². The van der Waals surface area contributed by atoms with Gasteiger partial charge in [-0.05, 0) is 12.1 Å². The Labute approximate surface area is 60.1 Å². The molecule has 1 heterocycles. The van der Waals surface area contributed by atoms with Crippen LogP contribution in [0.25, 0.3) is 0 Å². The number of halogens is 2. The SMILES string of the molecule is O=C(F)c1ccc(Cl)s1. The van der Waals surface area contributed by atoms with Crippen molar-refractivity contribution in [2.45, 2.75) is 0 Å². The molecule has 4 heteroatoms. The highest BCUT2D eigenvalue weighted by Crippen LogP contribution is 2.21. The molecule has 0 aliphatic heterocycles. The summed E-state index contributed by atoms with van der Waals surface area (Å²) in [7, 11) is 0. The first-order valence-corrected chi connectivity index (χ1v) is 3.35. The maximum atomic E-state index is 11.8. The van der Waals surface area contributed by atoms with E-state index in [1.165, 1.54) is 12.1 Å². The summed E-state index contributed by atoms with van der Waals surface area (Å²) >= 11 is 6.34. The van der Waals surface area contributed by atoms with Crippen molar-refractivity contribution in [2.75, 3.05) is 0 Å². The van der Waals surface area contributed by atoms with Gasteiger partial charge in [0.15, 0.2) is 0 Å². The Hall–Kier alpha value is -0.410. The van der Waals surface area contributed by atoms with Crippen LogP contribution in [-0.4, -0.2) is 6.04 Å². The fourth-order valence-electron chi connectivity index (χ4n) is 0.420. The smallest absolute Gasteiger partial charge is 0.254 e. The van der Waals surface area contributed by atoms with Crippen LogP contribution in [0.4, 0.5) is 4.39 Å². The fraction of sp³-hybridized carbons (Fsp3) is 0. The molecule has 1 nitrogen and oxygen atoms in total. The van der Waals surface area contributed by atoms with E-state index in [1.54, 1.807) is 0 Å². The van der Waals surface area contributed by atoms with E-state index in [-0.39, 0.29) is 4.88 Å². The lowest BCUT2D eigenvalue weighted by molar-refractivity contribution is 0.0840. The summed E-state index contributed by atoms with van der Waals surface area (Å²) in [6.45, 7) is 0. The molecule has 0 radical (unpaired) electrons. The fourth-order valence-corrected chi connectivity index (χ4v) is 1.29. The Morgan fingerprint density at radius 1 is 1.67 bits per heavy atom. The van der Waals surface area contributed by atoms with E-state index < -0.39 is 6.04 Å². The van der Waals surface area contributed by atoms with Crippen LogP contribution in [-0.2, 0) is 0 Å². The van der Waals surface area contributed by atoms with Gasteiger partial charge in [-0.2, -0.15) is 4.39 Å². The van der Waals surface area contributed by atoms with Crippen molar-refractivity contribution in [3.8, 4) is 0 Å². The summed E-state index contributed by atoms with van der Waals surface area (Å²) in [6.07, 6.45) is 0. The van der Waals surface area contributed by atoms with Gasteiger partial charge in [-0.1, -0.05) is 11.6 Å². The van der Waals surface area contributed by atoms with Gasteiger partial charge in [-0.15, -0.1) is 11.3 Å². The molecule has 0 aromatic carbocycles. The molecule has 0 atom stereocenters. The van der Waals surface area contributed by atoms with Crippen LogP contribution in [0.5, 0.6) is 0 Å². The first-order chi connectivity index (χ1) is 4.20. The largest absolute Gasteiger partial charge is 0.342 e. The Balaban J connectivity index is 2.98. The molecule has 0 N–H and O–H groups in total. The molecule has 0 aliphatic rings. The molecule has 1 aromatic heterocycles. The molecule has 9 heavy (non-hydrogen) atoms. The van der Waals surface area contributed by atoms with Gasteiger partial charge in [0.05, 0.1) is 4.34 Å². The average molecular weight is 165 g/mol. The number of carbonyl (C=O) groups is 1. The highest BCUT2D eigenvalue weighted by atomic mass is 35.5. The predicted molar refractivity (Wildman–Crippen MR) is 34.8 cm³/mol. The van der Waals surface area contributed by atoms with Gasteiger partial charge in [0.1, 0.15) is 4.88 Å². The zero-order valence-electron chi connectivity index (χ0n) is 4.23. The lowest BCUT2D eigenvalue weighted by atomic mass is 10.5. The van der Waals surface area contributed by atoms with Crippen molar-refractivity contribution in [1.29, 1.82) is 0 Å². The lowest BCUT2D eigenvalue weighted by Crippen LogP contribution is -1.80. The third-order valence-corrected chi connectivity index (χ3v) is 1.97. The third-order valence-electron chi connectivity index (χ3n) is 0.767. The topological polar surface area (TPSA) is 17.1 Å². The first-order valence-electron chi connectivity index (χ1n) is 2.15. The van der Waals surface area contributed by atoms with Crippen LogP contribution < -0.4 is 0 Å². The summed E-state index contributed by atoms with van der Waals surface area (Å²) in [4.78, 5) is 10.00. The zero-order valence-corrected chi connectivity index (χ0v) is 5.80. The van der Waals surface area contributed by atoms with Crippen LogP contribution in [0.3, 0.4) is 0 Å². The molecule has 1 rings (SSSR count). The second-order valence-corrected chi connectivity index (χ2v) is 3.09. The molecule has 0 unspecified atom stereocenters. The minimum Gasteiger partial charge on any atom is -0.254 e. The van der Waals surface area contributed by atoms with Crippen molar-refractivity contribution in [1.82, 2.24) is 0 Å². The van der Waals surface area contributed by atoms with Crippen LogP contribution >= 0.6 is 22.9 Å². The van der Waals surface area contributed by atoms with Crippen molar-refractivity contribution >= 4 is 29.0 Å². The summed E-state index contributed by atoms with van der Waals surface area (Å²) in [6, 6.07) is 1.42. The molecule has 48 valence electrons. The highest BCUT2D eigenvalue weighted by molar-refractivity contribution is 7.17. The van der Waals surface area contributed by atoms with Gasteiger partial charge in [0.25, 0.3) is 0 Å². The normalized spacial score (nSPS) is 9.56. The molecule has 0 aliphatic carbocycles. The second-order valence-electron chi connectivity index (χ2n) is 1.38. The van der Waals surface area contributed by atoms with E-state index in [1.807, 2.05) is 0 Å². The molecule has 0 saturated heterocycles. The number of hydrogen-bond acceptors (Lipinski definition) is 2. The van der Waals surface area contributed by atoms with E-state index in [0.717, 1.165) is 11.3 Å². The third kappa shape index (κ3) is 1.50. The molecule has 0 bridgehead atoms. The number of hydrogen-bond donors (Lipinski definition) is 0. The summed E-state index contributed by atoms with van der Waals surface area (Å²) < 4.78 is 12.2. The molecule has 0 saturated carbocycles. The summed E-state index contributed by atoms with van der Waals surface area (Å²) in [5, 5.41) is 0. The summed E-state index contributed by atoms with van der Waals surface area (Å²) in [5.74, 6) is 0. The van der Waals surface area contributed by atoms with Gasteiger partial charge in [0, 0.05) is 0 Å². The van der Waals surface area contributed by atoms with Crippen molar-refractivity contribution < 1.29 is 9.18 Å². The van der Waals surface area contributed by atoms with E-state index in [0.29, 0.717) is 4.34 Å². The van der Waals surface area contributed by atoms with Crippen molar-refractivity contribution in [3.63, 3.8) is 0 Å². The van der Waals surface area contributed by atoms with Gasteiger partial charge in [-0.3, -0.25) is 4.79 Å². The number of thiophene rings is 1. The van der Waals surface area contributed by atoms with Crippen LogP contribution in [0.15, 0.2) is 12.1 Å². The Bertz CT molecular complexity index is 233. The Kier molecular flexibility index (Phi) is 1.83. The van der Waals surface area contributed by atoms with Crippen LogP contribution in [0, 0.1) is 0 Å². The predicted octanol–water partition coefficient (Wildman–Crippen LogP) is 2.51.